The third-order valence-corrected chi connectivity index (χ3v) is 2.66. The lowest BCUT2D eigenvalue weighted by Crippen LogP contribution is -2.26. The molecule has 0 aliphatic carbocycles. The standard InChI is InChI=1S/C8H19NO3S/c1-9(2)7-8(10)5-4-6-13(3,11)12/h8,10H,4-7H2,1-3H3. The minimum atomic E-state index is -2.87. The molecule has 0 radical (unpaired) electrons. The van der Waals surface area contributed by atoms with E-state index >= 15 is 0 Å². The molecule has 0 spiro atoms. The van der Waals surface area contributed by atoms with Crippen LogP contribution in [-0.2, 0) is 9.84 Å². The van der Waals surface area contributed by atoms with Crippen LogP contribution in [0.3, 0.4) is 0 Å². The van der Waals surface area contributed by atoms with E-state index in [1.807, 2.05) is 19.0 Å². The van der Waals surface area contributed by atoms with Crippen LogP contribution in [0.4, 0.5) is 0 Å². The second-order valence-corrected chi connectivity index (χ2v) is 5.95. The molecular weight excluding hydrogens is 190 g/mol. The molecule has 80 valence electrons. The summed E-state index contributed by atoms with van der Waals surface area (Å²) in [6.07, 6.45) is 1.88. The van der Waals surface area contributed by atoms with Crippen molar-refractivity contribution in [3.63, 3.8) is 0 Å². The molecule has 0 rings (SSSR count). The summed E-state index contributed by atoms with van der Waals surface area (Å²) in [6.45, 7) is 0.587. The van der Waals surface area contributed by atoms with E-state index < -0.39 is 15.9 Å². The lowest BCUT2D eigenvalue weighted by atomic mass is 10.2. The van der Waals surface area contributed by atoms with Gasteiger partial charge in [-0.2, -0.15) is 0 Å². The maximum absolute atomic E-state index is 10.7. The number of aliphatic hydroxyl groups is 1. The molecular formula is C8H19NO3S. The van der Waals surface area contributed by atoms with Crippen LogP contribution in [0.2, 0.25) is 0 Å². The molecule has 0 bridgehead atoms. The van der Waals surface area contributed by atoms with Crippen molar-refractivity contribution in [1.29, 1.82) is 0 Å². The Morgan fingerprint density at radius 3 is 2.31 bits per heavy atom. The van der Waals surface area contributed by atoms with Gasteiger partial charge in [-0.25, -0.2) is 8.42 Å². The number of nitrogens with zero attached hydrogens (tertiary/aromatic N) is 1. The topological polar surface area (TPSA) is 57.6 Å². The summed E-state index contributed by atoms with van der Waals surface area (Å²) in [4.78, 5) is 1.88. The summed E-state index contributed by atoms with van der Waals surface area (Å²) in [5.41, 5.74) is 0. The van der Waals surface area contributed by atoms with Gasteiger partial charge in [-0.3, -0.25) is 0 Å². The van der Waals surface area contributed by atoms with E-state index in [0.29, 0.717) is 19.4 Å². The van der Waals surface area contributed by atoms with E-state index in [1.54, 1.807) is 0 Å². The van der Waals surface area contributed by atoms with Crippen LogP contribution in [0.1, 0.15) is 12.8 Å². The van der Waals surface area contributed by atoms with E-state index in [0.717, 1.165) is 0 Å². The zero-order chi connectivity index (χ0) is 10.5. The first-order valence-corrected chi connectivity index (χ1v) is 6.38. The molecule has 0 saturated heterocycles. The van der Waals surface area contributed by atoms with Crippen LogP contribution in [0, 0.1) is 0 Å². The molecule has 0 saturated carbocycles. The van der Waals surface area contributed by atoms with Crippen LogP contribution in [0.15, 0.2) is 0 Å². The van der Waals surface area contributed by atoms with Crippen LogP contribution < -0.4 is 0 Å². The molecule has 1 N–H and O–H groups in total. The summed E-state index contributed by atoms with van der Waals surface area (Å²) in [5.74, 6) is 0.164. The fourth-order valence-corrected chi connectivity index (χ4v) is 1.78. The minimum Gasteiger partial charge on any atom is -0.392 e. The highest BCUT2D eigenvalue weighted by Crippen LogP contribution is 2.00. The van der Waals surface area contributed by atoms with E-state index in [9.17, 15) is 13.5 Å². The first kappa shape index (κ1) is 12.9. The second kappa shape index (κ2) is 5.57. The predicted octanol–water partition coefficient (Wildman–Crippen LogP) is -0.266. The maximum Gasteiger partial charge on any atom is 0.147 e. The lowest BCUT2D eigenvalue weighted by molar-refractivity contribution is 0.128. The van der Waals surface area contributed by atoms with Gasteiger partial charge in [0.1, 0.15) is 9.84 Å². The van der Waals surface area contributed by atoms with Crippen LogP contribution >= 0.6 is 0 Å². The first-order chi connectivity index (χ1) is 5.81. The summed E-state index contributed by atoms with van der Waals surface area (Å²) >= 11 is 0. The quantitative estimate of drug-likeness (QED) is 0.654. The third-order valence-electron chi connectivity index (χ3n) is 1.63. The Hall–Kier alpha value is -0.130. The minimum absolute atomic E-state index is 0.164. The highest BCUT2D eigenvalue weighted by atomic mass is 32.2. The van der Waals surface area contributed by atoms with Crippen molar-refractivity contribution >= 4 is 9.84 Å². The maximum atomic E-state index is 10.7. The van der Waals surface area contributed by atoms with Crippen molar-refractivity contribution < 1.29 is 13.5 Å². The molecule has 0 fully saturated rings. The number of hydrogen-bond donors (Lipinski definition) is 1. The van der Waals surface area contributed by atoms with Crippen LogP contribution in [-0.4, -0.2) is 57.2 Å². The Kier molecular flexibility index (Phi) is 5.51. The average molecular weight is 209 g/mol. The molecule has 0 heterocycles. The molecule has 1 unspecified atom stereocenters. The summed E-state index contributed by atoms with van der Waals surface area (Å²) < 4.78 is 21.5. The Morgan fingerprint density at radius 2 is 1.92 bits per heavy atom. The van der Waals surface area contributed by atoms with Gasteiger partial charge < -0.3 is 10.0 Å². The zero-order valence-electron chi connectivity index (χ0n) is 8.52. The number of rotatable bonds is 6. The molecule has 0 aliphatic rings. The largest absolute Gasteiger partial charge is 0.392 e. The Bertz CT molecular complexity index is 224. The van der Waals surface area contributed by atoms with Crippen molar-refractivity contribution in [3.05, 3.63) is 0 Å². The summed E-state index contributed by atoms with van der Waals surface area (Å²) in [7, 11) is 0.877. The van der Waals surface area contributed by atoms with Crippen molar-refractivity contribution in [2.24, 2.45) is 0 Å². The van der Waals surface area contributed by atoms with Gasteiger partial charge in [0.05, 0.1) is 6.10 Å². The smallest absolute Gasteiger partial charge is 0.147 e. The summed E-state index contributed by atoms with van der Waals surface area (Å²) in [5, 5.41) is 9.38. The number of likely N-dealkylation sites (N-methyl/N-ethyl adjacent to an activating group) is 1. The highest BCUT2D eigenvalue weighted by molar-refractivity contribution is 7.90. The zero-order valence-corrected chi connectivity index (χ0v) is 9.34. The Labute approximate surface area is 80.5 Å². The molecule has 0 aromatic carbocycles. The van der Waals surface area contributed by atoms with Gasteiger partial charge in [0.25, 0.3) is 0 Å². The van der Waals surface area contributed by atoms with Gasteiger partial charge in [-0.1, -0.05) is 0 Å². The molecule has 5 heteroatoms. The summed E-state index contributed by atoms with van der Waals surface area (Å²) in [6, 6.07) is 0. The van der Waals surface area contributed by atoms with Gasteiger partial charge >= 0.3 is 0 Å². The third kappa shape index (κ3) is 9.79. The molecule has 0 aliphatic heterocycles. The second-order valence-electron chi connectivity index (χ2n) is 3.69. The monoisotopic (exact) mass is 209 g/mol. The van der Waals surface area contributed by atoms with Gasteiger partial charge in [-0.15, -0.1) is 0 Å². The van der Waals surface area contributed by atoms with E-state index in [-0.39, 0.29) is 5.75 Å². The van der Waals surface area contributed by atoms with E-state index in [1.165, 1.54) is 6.26 Å². The van der Waals surface area contributed by atoms with Crippen LogP contribution in [0.25, 0.3) is 0 Å². The fourth-order valence-electron chi connectivity index (χ4n) is 1.09. The SMILES string of the molecule is CN(C)CC(O)CCCS(C)(=O)=O. The van der Waals surface area contributed by atoms with E-state index in [2.05, 4.69) is 0 Å². The Balaban J connectivity index is 3.54. The van der Waals surface area contributed by atoms with Gasteiger partial charge in [0.15, 0.2) is 0 Å². The molecule has 0 amide bonds. The number of aliphatic hydroxyl groups excluding tert-OH is 1. The molecule has 1 atom stereocenters. The highest BCUT2D eigenvalue weighted by Gasteiger charge is 2.07. The lowest BCUT2D eigenvalue weighted by Gasteiger charge is -2.15. The van der Waals surface area contributed by atoms with E-state index in [4.69, 9.17) is 0 Å². The normalized spacial score (nSPS) is 14.8. The first-order valence-electron chi connectivity index (χ1n) is 4.32. The molecule has 0 aromatic heterocycles. The molecule has 0 aromatic rings. The average Bonchev–Trinajstić information content (AvgIpc) is 1.81. The van der Waals surface area contributed by atoms with Gasteiger partial charge in [0.2, 0.25) is 0 Å². The van der Waals surface area contributed by atoms with Gasteiger partial charge in [0, 0.05) is 18.6 Å². The Morgan fingerprint density at radius 1 is 1.38 bits per heavy atom. The molecule has 4 nitrogen and oxygen atoms in total. The number of sulfone groups is 1. The predicted molar refractivity (Wildman–Crippen MR) is 53.5 cm³/mol. The van der Waals surface area contributed by atoms with Crippen molar-refractivity contribution in [2.75, 3.05) is 32.6 Å². The van der Waals surface area contributed by atoms with Crippen LogP contribution in [0.5, 0.6) is 0 Å². The van der Waals surface area contributed by atoms with Crippen molar-refractivity contribution in [1.82, 2.24) is 4.90 Å². The molecule has 13 heavy (non-hydrogen) atoms. The van der Waals surface area contributed by atoms with Crippen molar-refractivity contribution in [2.45, 2.75) is 18.9 Å². The van der Waals surface area contributed by atoms with Crippen molar-refractivity contribution in [3.8, 4) is 0 Å². The number of hydrogen-bond acceptors (Lipinski definition) is 4. The van der Waals surface area contributed by atoms with Gasteiger partial charge in [-0.05, 0) is 26.9 Å². The fraction of sp³-hybridized carbons (Fsp3) is 1.00.